The fourth-order valence-corrected chi connectivity index (χ4v) is 3.54. The number of hydrogen-bond donors (Lipinski definition) is 1. The first-order valence-corrected chi connectivity index (χ1v) is 9.15. The molecule has 1 N–H and O–H groups in total. The maximum atomic E-state index is 12.3. The molecule has 1 fully saturated rings. The highest BCUT2D eigenvalue weighted by atomic mass is 32.2. The van der Waals surface area contributed by atoms with Gasteiger partial charge in [-0.1, -0.05) is 68.1 Å². The number of amides is 1. The van der Waals surface area contributed by atoms with Crippen LogP contribution in [0.1, 0.15) is 42.1 Å². The third kappa shape index (κ3) is 4.37. The van der Waals surface area contributed by atoms with Crippen LogP contribution in [-0.4, -0.2) is 22.1 Å². The average molecular weight is 352 g/mol. The summed E-state index contributed by atoms with van der Waals surface area (Å²) >= 11 is 1.32. The third-order valence-corrected chi connectivity index (χ3v) is 5.12. The van der Waals surface area contributed by atoms with Crippen molar-refractivity contribution in [1.82, 2.24) is 5.32 Å². The molecule has 0 bridgehead atoms. The molecule has 3 rings (SSSR count). The lowest BCUT2D eigenvalue weighted by Crippen LogP contribution is -2.26. The van der Waals surface area contributed by atoms with Crippen LogP contribution in [0, 0.1) is 0 Å². The van der Waals surface area contributed by atoms with Gasteiger partial charge in [0.25, 0.3) is 0 Å². The summed E-state index contributed by atoms with van der Waals surface area (Å²) in [4.78, 5) is 28.9. The van der Waals surface area contributed by atoms with E-state index in [1.54, 1.807) is 12.1 Å². The smallest absolute Gasteiger partial charge is 0.240 e. The first-order valence-electron chi connectivity index (χ1n) is 8.27. The van der Waals surface area contributed by atoms with Crippen molar-refractivity contribution in [3.63, 3.8) is 0 Å². The number of hydrogen-bond acceptors (Lipinski definition) is 4. The number of carbonyl (C=O) groups is 2. The quantitative estimate of drug-likeness (QED) is 0.816. The average Bonchev–Trinajstić information content (AvgIpc) is 2.95. The van der Waals surface area contributed by atoms with E-state index >= 15 is 0 Å². The van der Waals surface area contributed by atoms with E-state index in [1.165, 1.54) is 17.3 Å². The van der Waals surface area contributed by atoms with Gasteiger partial charge in [-0.25, -0.2) is 4.99 Å². The second-order valence-corrected chi connectivity index (χ2v) is 7.44. The predicted molar refractivity (Wildman–Crippen MR) is 103 cm³/mol. The summed E-state index contributed by atoms with van der Waals surface area (Å²) in [5.74, 6) is 0.276. The molecule has 0 aromatic heterocycles. The molecular weight excluding hydrogens is 332 g/mol. The Bertz CT molecular complexity index is 798. The molecule has 4 nitrogen and oxygen atoms in total. The monoisotopic (exact) mass is 352 g/mol. The van der Waals surface area contributed by atoms with Crippen LogP contribution >= 0.6 is 11.8 Å². The lowest BCUT2D eigenvalue weighted by Gasteiger charge is -2.05. The summed E-state index contributed by atoms with van der Waals surface area (Å²) in [6, 6.07) is 17.0. The highest BCUT2D eigenvalue weighted by molar-refractivity contribution is 8.15. The van der Waals surface area contributed by atoms with E-state index in [2.05, 4.69) is 24.2 Å². The van der Waals surface area contributed by atoms with Gasteiger partial charge in [0.2, 0.25) is 5.91 Å². The fourth-order valence-electron chi connectivity index (χ4n) is 2.55. The lowest BCUT2D eigenvalue weighted by atomic mass is 10.0. The summed E-state index contributed by atoms with van der Waals surface area (Å²) < 4.78 is 0. The van der Waals surface area contributed by atoms with Crippen molar-refractivity contribution in [1.29, 1.82) is 0 Å². The zero-order valence-electron chi connectivity index (χ0n) is 14.2. The van der Waals surface area contributed by atoms with Crippen molar-refractivity contribution in [3.8, 4) is 0 Å². The topological polar surface area (TPSA) is 58.5 Å². The van der Waals surface area contributed by atoms with Crippen LogP contribution in [0.25, 0.3) is 0 Å². The molecule has 1 saturated heterocycles. The first kappa shape index (κ1) is 17.4. The van der Waals surface area contributed by atoms with Gasteiger partial charge in [0.05, 0.1) is 10.9 Å². The van der Waals surface area contributed by atoms with Crippen LogP contribution in [0.15, 0.2) is 59.6 Å². The number of ketones is 1. The molecule has 5 heteroatoms. The molecule has 1 aliphatic rings. The molecule has 1 atom stereocenters. The maximum absolute atomic E-state index is 12.3. The number of nitrogens with one attached hydrogen (secondary N) is 1. The van der Waals surface area contributed by atoms with E-state index in [4.69, 9.17) is 0 Å². The summed E-state index contributed by atoms with van der Waals surface area (Å²) in [6.45, 7) is 4.28. The second-order valence-electron chi connectivity index (χ2n) is 6.25. The molecule has 25 heavy (non-hydrogen) atoms. The predicted octanol–water partition coefficient (Wildman–Crippen LogP) is 4.30. The number of carbonyl (C=O) groups excluding carboxylic acids is 2. The molecule has 2 aromatic carbocycles. The minimum atomic E-state index is -0.429. The Morgan fingerprint density at radius 1 is 1.12 bits per heavy atom. The zero-order chi connectivity index (χ0) is 17.8. The van der Waals surface area contributed by atoms with E-state index in [-0.39, 0.29) is 18.1 Å². The van der Waals surface area contributed by atoms with Crippen LogP contribution in [0.5, 0.6) is 0 Å². The maximum Gasteiger partial charge on any atom is 0.240 e. The van der Waals surface area contributed by atoms with Crippen molar-refractivity contribution in [2.24, 2.45) is 4.99 Å². The number of rotatable bonds is 5. The van der Waals surface area contributed by atoms with Gasteiger partial charge in [-0.05, 0) is 23.6 Å². The Kier molecular flexibility index (Phi) is 5.34. The Morgan fingerprint density at radius 2 is 1.80 bits per heavy atom. The summed E-state index contributed by atoms with van der Waals surface area (Å²) in [7, 11) is 0. The Labute approximate surface area is 151 Å². The normalized spacial score (nSPS) is 18.6. The molecule has 1 heterocycles. The molecular formula is C20H20N2O2S. The largest absolute Gasteiger partial charge is 0.304 e. The standard InChI is InChI=1S/C20H20N2O2S/c1-13(2)14-8-10-16(11-9-14)21-20-22-19(24)18(25-20)12-17(23)15-6-4-3-5-7-15/h3-11,13,18H,12H2,1-2H3,(H,21,22,24). The van der Waals surface area contributed by atoms with Gasteiger partial charge in [0.1, 0.15) is 0 Å². The number of nitrogens with zero attached hydrogens (tertiary/aromatic N) is 1. The molecule has 0 spiro atoms. The minimum absolute atomic E-state index is 0.0317. The molecule has 1 unspecified atom stereocenters. The van der Waals surface area contributed by atoms with Crippen molar-refractivity contribution < 1.29 is 9.59 Å². The van der Waals surface area contributed by atoms with Crippen LogP contribution in [-0.2, 0) is 4.79 Å². The number of Topliss-reactive ketones (excluding diaryl/α,β-unsaturated/α-hetero) is 1. The van der Waals surface area contributed by atoms with Crippen molar-refractivity contribution in [3.05, 3.63) is 65.7 Å². The van der Waals surface area contributed by atoms with Crippen LogP contribution in [0.4, 0.5) is 5.69 Å². The first-order chi connectivity index (χ1) is 12.0. The highest BCUT2D eigenvalue weighted by Crippen LogP contribution is 2.27. The van der Waals surface area contributed by atoms with Gasteiger partial charge in [-0.3, -0.25) is 9.59 Å². The fraction of sp³-hybridized carbons (Fsp3) is 0.250. The van der Waals surface area contributed by atoms with Crippen molar-refractivity contribution in [2.75, 3.05) is 0 Å². The minimum Gasteiger partial charge on any atom is -0.304 e. The number of amidine groups is 1. The molecule has 1 amide bonds. The molecule has 0 saturated carbocycles. The molecule has 1 aliphatic heterocycles. The second kappa shape index (κ2) is 7.66. The Morgan fingerprint density at radius 3 is 2.44 bits per heavy atom. The van der Waals surface area contributed by atoms with Gasteiger partial charge >= 0.3 is 0 Å². The van der Waals surface area contributed by atoms with E-state index in [0.29, 0.717) is 16.6 Å². The van der Waals surface area contributed by atoms with Gasteiger partial charge in [0, 0.05) is 12.0 Å². The summed E-state index contributed by atoms with van der Waals surface area (Å²) in [5.41, 5.74) is 2.67. The zero-order valence-corrected chi connectivity index (χ0v) is 15.0. The van der Waals surface area contributed by atoms with E-state index in [0.717, 1.165) is 5.69 Å². The lowest BCUT2D eigenvalue weighted by molar-refractivity contribution is -0.118. The van der Waals surface area contributed by atoms with E-state index in [1.807, 2.05) is 42.5 Å². The Hall–Kier alpha value is -2.40. The molecule has 2 aromatic rings. The van der Waals surface area contributed by atoms with E-state index in [9.17, 15) is 9.59 Å². The molecule has 0 aliphatic carbocycles. The SMILES string of the molecule is CC(C)c1ccc(N=C2NC(=O)C(CC(=O)c3ccccc3)S2)cc1. The van der Waals surface area contributed by atoms with Gasteiger partial charge < -0.3 is 5.32 Å². The summed E-state index contributed by atoms with van der Waals surface area (Å²) in [6.07, 6.45) is 0.172. The molecule has 0 radical (unpaired) electrons. The summed E-state index contributed by atoms with van der Waals surface area (Å²) in [5, 5.41) is 2.89. The molecule has 128 valence electrons. The Balaban J connectivity index is 1.66. The van der Waals surface area contributed by atoms with Gasteiger partial charge in [0.15, 0.2) is 11.0 Å². The number of benzene rings is 2. The number of aliphatic imine (C=N–C) groups is 1. The van der Waals surface area contributed by atoms with Gasteiger partial charge in [-0.2, -0.15) is 0 Å². The van der Waals surface area contributed by atoms with Crippen molar-refractivity contribution >= 4 is 34.3 Å². The highest BCUT2D eigenvalue weighted by Gasteiger charge is 2.32. The van der Waals surface area contributed by atoms with Crippen molar-refractivity contribution in [2.45, 2.75) is 31.4 Å². The van der Waals surface area contributed by atoms with Crippen LogP contribution in [0.3, 0.4) is 0 Å². The van der Waals surface area contributed by atoms with Crippen LogP contribution in [0.2, 0.25) is 0 Å². The van der Waals surface area contributed by atoms with E-state index < -0.39 is 5.25 Å². The van der Waals surface area contributed by atoms with Crippen LogP contribution < -0.4 is 5.32 Å². The van der Waals surface area contributed by atoms with Gasteiger partial charge in [-0.15, -0.1) is 0 Å². The number of thioether (sulfide) groups is 1. The third-order valence-electron chi connectivity index (χ3n) is 4.03.